The summed E-state index contributed by atoms with van der Waals surface area (Å²) in [6.07, 6.45) is 31.4. The molecule has 0 radical (unpaired) electrons. The Morgan fingerprint density at radius 1 is 0.625 bits per heavy atom. The molecule has 1 rings (SSSR count). The third kappa shape index (κ3) is 22.3. The molecule has 5 nitrogen and oxygen atoms in total. The Morgan fingerprint density at radius 3 is 1.48 bits per heavy atom. The molecule has 40 heavy (non-hydrogen) atoms. The number of aliphatic hydroxyl groups excluding tert-OH is 1. The van der Waals surface area contributed by atoms with Crippen molar-refractivity contribution in [3.63, 3.8) is 0 Å². The molecule has 0 aromatic rings. The molecule has 1 fully saturated rings. The highest BCUT2D eigenvalue weighted by Crippen LogP contribution is 2.21. The van der Waals surface area contributed by atoms with Crippen molar-refractivity contribution in [1.82, 2.24) is 9.80 Å². The highest BCUT2D eigenvalue weighted by Gasteiger charge is 2.30. The van der Waals surface area contributed by atoms with Crippen molar-refractivity contribution in [1.29, 1.82) is 0 Å². The van der Waals surface area contributed by atoms with Crippen LogP contribution in [0.4, 0.5) is 0 Å². The predicted molar refractivity (Wildman–Crippen MR) is 174 cm³/mol. The second-order valence-corrected chi connectivity index (χ2v) is 12.1. The summed E-state index contributed by atoms with van der Waals surface area (Å²) in [7, 11) is 0. The zero-order valence-corrected chi connectivity index (χ0v) is 27.7. The number of esters is 1. The maximum absolute atomic E-state index is 12.2. The van der Waals surface area contributed by atoms with Gasteiger partial charge in [0.2, 0.25) is 0 Å². The predicted octanol–water partition coefficient (Wildman–Crippen LogP) is 9.29. The van der Waals surface area contributed by atoms with Gasteiger partial charge in [-0.05, 0) is 12.8 Å². The molecule has 240 valence electrons. The highest BCUT2D eigenvalue weighted by atomic mass is 35.5. The van der Waals surface area contributed by atoms with Gasteiger partial charge >= 0.3 is 5.97 Å². The Labute approximate surface area is 256 Å². The van der Waals surface area contributed by atoms with Gasteiger partial charge in [-0.25, -0.2) is 0 Å². The Bertz CT molecular complexity index is 537. The summed E-state index contributed by atoms with van der Waals surface area (Å²) in [4.78, 5) is 17.1. The Balaban J connectivity index is 0.0000152. The third-order valence-electron chi connectivity index (χ3n) is 8.60. The summed E-state index contributed by atoms with van der Waals surface area (Å²) in [6, 6.07) is 0. The van der Waals surface area contributed by atoms with Crippen molar-refractivity contribution < 1.29 is 14.6 Å². The van der Waals surface area contributed by atoms with Crippen molar-refractivity contribution in [2.45, 2.75) is 174 Å². The van der Waals surface area contributed by atoms with Gasteiger partial charge in [0.15, 0.2) is 0 Å². The van der Waals surface area contributed by atoms with Crippen LogP contribution in [0.1, 0.15) is 168 Å². The molecular weight excluding hydrogens is 520 g/mol. The summed E-state index contributed by atoms with van der Waals surface area (Å²) in [5, 5.41) is 9.51. The van der Waals surface area contributed by atoms with Crippen LogP contribution in [0, 0.1) is 0 Å². The van der Waals surface area contributed by atoms with E-state index in [0.29, 0.717) is 19.2 Å². The number of rotatable bonds is 29. The molecule has 1 unspecified atom stereocenters. The fraction of sp³-hybridized carbons (Fsp3) is 0.971. The van der Waals surface area contributed by atoms with Gasteiger partial charge < -0.3 is 9.84 Å². The van der Waals surface area contributed by atoms with Crippen LogP contribution in [-0.2, 0) is 9.53 Å². The van der Waals surface area contributed by atoms with Gasteiger partial charge in [0.05, 0.1) is 12.8 Å². The SMILES string of the molecule is CCCCCCCCCCCCCC(=O)OCCN1CCN(CCO)C1CCCCCCCCCCCCC.Cl. The van der Waals surface area contributed by atoms with E-state index < -0.39 is 0 Å². The molecule has 1 saturated heterocycles. The third-order valence-corrected chi connectivity index (χ3v) is 8.60. The number of halogens is 1. The Hall–Kier alpha value is -0.360. The fourth-order valence-corrected chi connectivity index (χ4v) is 6.07. The lowest BCUT2D eigenvalue weighted by atomic mass is 10.0. The van der Waals surface area contributed by atoms with E-state index in [-0.39, 0.29) is 25.0 Å². The highest BCUT2D eigenvalue weighted by molar-refractivity contribution is 5.85. The average Bonchev–Trinajstić information content (AvgIpc) is 3.31. The largest absolute Gasteiger partial charge is 0.464 e. The van der Waals surface area contributed by atoms with E-state index in [1.807, 2.05) is 0 Å². The van der Waals surface area contributed by atoms with Crippen molar-refractivity contribution >= 4 is 18.4 Å². The van der Waals surface area contributed by atoms with Crippen molar-refractivity contribution in [3.05, 3.63) is 0 Å². The van der Waals surface area contributed by atoms with Crippen molar-refractivity contribution in [2.24, 2.45) is 0 Å². The zero-order chi connectivity index (χ0) is 28.2. The molecule has 1 atom stereocenters. The topological polar surface area (TPSA) is 53.0 Å². The summed E-state index contributed by atoms with van der Waals surface area (Å²) in [5.41, 5.74) is 0. The molecule has 0 amide bonds. The van der Waals surface area contributed by atoms with Crippen molar-refractivity contribution in [2.75, 3.05) is 39.4 Å². The molecular formula is C34H69ClN2O3. The van der Waals surface area contributed by atoms with Gasteiger partial charge in [-0.1, -0.05) is 149 Å². The maximum atomic E-state index is 12.2. The van der Waals surface area contributed by atoms with Crippen molar-refractivity contribution in [3.8, 4) is 0 Å². The van der Waals surface area contributed by atoms with Crippen LogP contribution in [0.25, 0.3) is 0 Å². The smallest absolute Gasteiger partial charge is 0.305 e. The van der Waals surface area contributed by atoms with E-state index in [9.17, 15) is 9.90 Å². The molecule has 0 aromatic heterocycles. The summed E-state index contributed by atoms with van der Waals surface area (Å²) >= 11 is 0. The standard InChI is InChI=1S/C34H68N2O3.ClH/c1-3-5-7-9-11-13-15-17-19-21-23-25-33-35(29-31-37)27-28-36(33)30-32-39-34(38)26-24-22-20-18-16-14-12-10-8-6-4-2;/h33,37H,3-32H2,1-2H3;1H. The lowest BCUT2D eigenvalue weighted by Crippen LogP contribution is -2.41. The molecule has 0 aromatic carbocycles. The van der Waals surface area contributed by atoms with Gasteiger partial charge in [0, 0.05) is 32.6 Å². The van der Waals surface area contributed by atoms with E-state index in [4.69, 9.17) is 4.74 Å². The van der Waals surface area contributed by atoms with E-state index in [1.165, 1.54) is 128 Å². The first-order chi connectivity index (χ1) is 19.2. The minimum absolute atomic E-state index is 0. The second kappa shape index (κ2) is 30.1. The molecule has 1 aliphatic rings. The molecule has 1 N–H and O–H groups in total. The van der Waals surface area contributed by atoms with E-state index in [0.717, 1.165) is 45.4 Å². The summed E-state index contributed by atoms with van der Waals surface area (Å²) < 4.78 is 5.60. The zero-order valence-electron chi connectivity index (χ0n) is 26.9. The van der Waals surface area contributed by atoms with Crippen LogP contribution < -0.4 is 0 Å². The maximum Gasteiger partial charge on any atom is 0.305 e. The molecule has 0 bridgehead atoms. The Morgan fingerprint density at radius 2 is 1.02 bits per heavy atom. The van der Waals surface area contributed by atoms with Gasteiger partial charge in [0.25, 0.3) is 0 Å². The number of aliphatic hydroxyl groups is 1. The number of β-amino-alcohol motifs (C(OH)–C–C–N with tert-alkyl or cyclic N) is 1. The summed E-state index contributed by atoms with van der Waals surface area (Å²) in [6.45, 7) is 8.85. The number of unbranched alkanes of at least 4 members (excludes halogenated alkanes) is 20. The fourth-order valence-electron chi connectivity index (χ4n) is 6.07. The minimum atomic E-state index is -0.0285. The minimum Gasteiger partial charge on any atom is -0.464 e. The number of hydrogen-bond acceptors (Lipinski definition) is 5. The van der Waals surface area contributed by atoms with Crippen LogP contribution in [0.3, 0.4) is 0 Å². The number of carbonyl (C=O) groups is 1. The first kappa shape index (κ1) is 39.6. The van der Waals surface area contributed by atoms with Crippen LogP contribution in [0.5, 0.6) is 0 Å². The molecule has 0 spiro atoms. The average molecular weight is 589 g/mol. The van der Waals surface area contributed by atoms with E-state index in [2.05, 4.69) is 23.6 Å². The molecule has 6 heteroatoms. The second-order valence-electron chi connectivity index (χ2n) is 12.1. The first-order valence-electron chi connectivity index (χ1n) is 17.5. The van der Waals surface area contributed by atoms with Gasteiger partial charge in [-0.3, -0.25) is 14.6 Å². The lowest BCUT2D eigenvalue weighted by Gasteiger charge is -2.30. The van der Waals surface area contributed by atoms with E-state index >= 15 is 0 Å². The molecule has 0 saturated carbocycles. The number of carbonyl (C=O) groups excluding carboxylic acids is 1. The van der Waals surface area contributed by atoms with Gasteiger partial charge in [0.1, 0.15) is 6.61 Å². The van der Waals surface area contributed by atoms with Crippen LogP contribution in [0.15, 0.2) is 0 Å². The number of nitrogens with zero attached hydrogens (tertiary/aromatic N) is 2. The monoisotopic (exact) mass is 588 g/mol. The number of hydrogen-bond donors (Lipinski definition) is 1. The number of ether oxygens (including phenoxy) is 1. The lowest BCUT2D eigenvalue weighted by molar-refractivity contribution is -0.144. The Kier molecular flexibility index (Phi) is 29.8. The van der Waals surface area contributed by atoms with E-state index in [1.54, 1.807) is 0 Å². The van der Waals surface area contributed by atoms with Crippen LogP contribution in [0.2, 0.25) is 0 Å². The quantitative estimate of drug-likeness (QED) is 0.0696. The van der Waals surface area contributed by atoms with Gasteiger partial charge in [-0.15, -0.1) is 12.4 Å². The molecule has 1 heterocycles. The first-order valence-corrected chi connectivity index (χ1v) is 17.5. The normalized spacial score (nSPS) is 15.9. The summed E-state index contributed by atoms with van der Waals surface area (Å²) in [5.74, 6) is -0.0285. The van der Waals surface area contributed by atoms with Crippen LogP contribution >= 0.6 is 12.4 Å². The molecule has 0 aliphatic carbocycles. The van der Waals surface area contributed by atoms with Gasteiger partial charge in [-0.2, -0.15) is 0 Å². The van der Waals surface area contributed by atoms with Crippen LogP contribution in [-0.4, -0.2) is 66.4 Å². The molecule has 1 aliphatic heterocycles.